The number of nitrogens with one attached hydrogen (secondary N) is 1. The Labute approximate surface area is 427 Å². The number of nitriles is 2. The van der Waals surface area contributed by atoms with Crippen molar-refractivity contribution in [3.05, 3.63) is 143 Å². The smallest absolute Gasteiger partial charge is 0.410 e. The van der Waals surface area contributed by atoms with Gasteiger partial charge in [-0.1, -0.05) is 59.7 Å². The Hall–Kier alpha value is -8.31. The molecule has 1 N–H and O–H groups in total. The minimum absolute atomic E-state index is 0.124. The zero-order chi connectivity index (χ0) is 53.9. The summed E-state index contributed by atoms with van der Waals surface area (Å²) < 4.78 is 29.8. The molecule has 0 unspecified atom stereocenters. The summed E-state index contributed by atoms with van der Waals surface area (Å²) in [4.78, 5) is 56.4. The lowest BCUT2D eigenvalue weighted by atomic mass is 10.1. The molecule has 2 saturated heterocycles. The van der Waals surface area contributed by atoms with Crippen LogP contribution in [0, 0.1) is 36.5 Å². The highest BCUT2D eigenvalue weighted by atomic mass is 19.1. The zero-order valence-electron chi connectivity index (χ0n) is 43.8. The normalized spacial score (nSPS) is 15.3. The molecular formula is C56H63FN10O6. The second-order valence-electron chi connectivity index (χ2n) is 19.9. The second-order valence-corrected chi connectivity index (χ2v) is 19.9. The summed E-state index contributed by atoms with van der Waals surface area (Å²) in [6.07, 6.45) is 0.437. The molecule has 0 radical (unpaired) electrons. The summed E-state index contributed by atoms with van der Waals surface area (Å²) in [5.74, 6) is -0.380. The molecule has 0 saturated carbocycles. The molecule has 4 heterocycles. The van der Waals surface area contributed by atoms with Gasteiger partial charge in [-0.3, -0.25) is 14.0 Å². The van der Waals surface area contributed by atoms with Gasteiger partial charge in [-0.2, -0.15) is 20.7 Å². The number of amides is 4. The third-order valence-electron chi connectivity index (χ3n) is 11.9. The number of rotatable bonds is 8. The van der Waals surface area contributed by atoms with Crippen molar-refractivity contribution in [3.63, 3.8) is 0 Å². The predicted molar refractivity (Wildman–Crippen MR) is 276 cm³/mol. The number of hydrogen-bond acceptors (Lipinski definition) is 10. The molecule has 17 heteroatoms. The van der Waals surface area contributed by atoms with Crippen molar-refractivity contribution in [2.45, 2.75) is 91.5 Å². The molecule has 2 atom stereocenters. The standard InChI is InChI=1S/C28H31N5O3.C27H29N5O3.CH3F/c1-19-6-12-22(13-7-19)33-25(21-10-8-20(17-29)9-11-21)16-24(30-33)26(34)32-15-14-23(18-32)31(5)27(35)36-28(2,3)4;1-18-5-11-22(12-6-18)32-24(20-9-7-19(16-28)8-10-20)15-23(30-32)25(33)31-14-13-21(17-31)29-26(34)35-27(2,3)4;1-2/h6-13,16,23H,14-15,18H2,1-5H3;5-12,15,21H,13-14,17H2,1-4H3,(H,29,34);1H3/t23-;21-;/m00./s1/i;;1D. The van der Waals surface area contributed by atoms with Crippen molar-refractivity contribution in [1.29, 1.82) is 10.5 Å². The SMILES string of the molecule is Cc1ccc(-n2nc(C(=O)N3CC[C@H](N(C)C(=O)OC(C)(C)C)C3)cc2-c2ccc(C#N)cc2)cc1.Cc1ccc(-n2nc(C(=O)N3CC[C@H](NC(=O)OC(C)(C)C)C3)cc2-c2ccc(C#N)cc2)cc1.[2H]CF. The summed E-state index contributed by atoms with van der Waals surface area (Å²) in [7, 11) is 0.710. The third-order valence-corrected chi connectivity index (χ3v) is 11.9. The van der Waals surface area contributed by atoms with Crippen LogP contribution in [-0.2, 0) is 9.47 Å². The second kappa shape index (κ2) is 23.3. The maximum Gasteiger partial charge on any atom is 0.410 e. The maximum absolute atomic E-state index is 13.5. The highest BCUT2D eigenvalue weighted by Crippen LogP contribution is 2.29. The van der Waals surface area contributed by atoms with Crippen LogP contribution in [0.2, 0.25) is 0 Å². The minimum Gasteiger partial charge on any atom is -0.444 e. The van der Waals surface area contributed by atoms with Gasteiger partial charge < -0.3 is 29.5 Å². The van der Waals surface area contributed by atoms with E-state index in [9.17, 15) is 23.6 Å². The largest absolute Gasteiger partial charge is 0.444 e. The molecule has 380 valence electrons. The molecule has 4 aromatic carbocycles. The number of benzene rings is 4. The number of likely N-dealkylation sites (N-methyl/N-ethyl adjacent to an activating group) is 1. The van der Waals surface area contributed by atoms with Gasteiger partial charge in [-0.05, 0) is 129 Å². The molecule has 0 bridgehead atoms. The number of aromatic nitrogens is 4. The van der Waals surface area contributed by atoms with Crippen LogP contribution < -0.4 is 5.32 Å². The zero-order valence-corrected chi connectivity index (χ0v) is 42.8. The number of alkyl carbamates (subject to hydrolysis) is 1. The van der Waals surface area contributed by atoms with Crippen LogP contribution in [0.25, 0.3) is 33.9 Å². The molecular weight excluding hydrogens is 928 g/mol. The summed E-state index contributed by atoms with van der Waals surface area (Å²) in [6, 6.07) is 37.8. The van der Waals surface area contributed by atoms with E-state index in [0.717, 1.165) is 45.0 Å². The van der Waals surface area contributed by atoms with E-state index >= 15 is 0 Å². The van der Waals surface area contributed by atoms with Crippen molar-refractivity contribution in [2.75, 3.05) is 40.4 Å². The number of aryl methyl sites for hydroxylation is 2. The van der Waals surface area contributed by atoms with Gasteiger partial charge in [0.05, 0.1) is 66.6 Å². The molecule has 6 aromatic rings. The monoisotopic (exact) mass is 991 g/mol. The number of carbonyl (C=O) groups is 4. The van der Waals surface area contributed by atoms with Crippen molar-refractivity contribution < 1.29 is 34.4 Å². The highest BCUT2D eigenvalue weighted by molar-refractivity contribution is 5.95. The van der Waals surface area contributed by atoms with Crippen molar-refractivity contribution in [1.82, 2.24) is 39.6 Å². The Morgan fingerprint density at radius 3 is 1.49 bits per heavy atom. The molecule has 2 aliphatic heterocycles. The summed E-state index contributed by atoms with van der Waals surface area (Å²) in [6.45, 7) is 16.8. The first-order valence-corrected chi connectivity index (χ1v) is 23.8. The molecule has 16 nitrogen and oxygen atoms in total. The topological polar surface area (TPSA) is 192 Å². The van der Waals surface area contributed by atoms with Gasteiger partial charge in [-0.25, -0.2) is 19.0 Å². The lowest BCUT2D eigenvalue weighted by Crippen LogP contribution is -2.42. The molecule has 2 aromatic heterocycles. The minimum atomic E-state index is -1.00. The third kappa shape index (κ3) is 14.0. The first-order valence-electron chi connectivity index (χ1n) is 24.5. The first kappa shape index (κ1) is 52.5. The Morgan fingerprint density at radius 1 is 0.671 bits per heavy atom. The van der Waals surface area contributed by atoms with Crippen LogP contribution >= 0.6 is 0 Å². The Morgan fingerprint density at radius 2 is 1.08 bits per heavy atom. The number of hydrogen-bond donors (Lipinski definition) is 1. The van der Waals surface area contributed by atoms with Crippen LogP contribution in [0.5, 0.6) is 0 Å². The van der Waals surface area contributed by atoms with Crippen LogP contribution in [0.4, 0.5) is 14.0 Å². The summed E-state index contributed by atoms with van der Waals surface area (Å²) in [5, 5.41) is 30.5. The number of likely N-dealkylation sites (tertiary alicyclic amines) is 2. The molecule has 73 heavy (non-hydrogen) atoms. The fourth-order valence-corrected chi connectivity index (χ4v) is 8.17. The number of halogens is 1. The summed E-state index contributed by atoms with van der Waals surface area (Å²) in [5.41, 5.74) is 7.75. The van der Waals surface area contributed by atoms with E-state index in [2.05, 4.69) is 27.7 Å². The van der Waals surface area contributed by atoms with Crippen molar-refractivity contribution in [3.8, 4) is 46.0 Å². The number of nitrogens with zero attached hydrogens (tertiary/aromatic N) is 9. The van der Waals surface area contributed by atoms with E-state index in [-0.39, 0.29) is 23.9 Å². The van der Waals surface area contributed by atoms with Crippen LogP contribution in [0.1, 0.15) is 99.0 Å². The van der Waals surface area contributed by atoms with Crippen molar-refractivity contribution in [2.24, 2.45) is 0 Å². The Bertz CT molecular complexity index is 3000. The fourth-order valence-electron chi connectivity index (χ4n) is 8.17. The average Bonchev–Trinajstić information content (AvgIpc) is 4.21. The average molecular weight is 992 g/mol. The maximum atomic E-state index is 13.5. The highest BCUT2D eigenvalue weighted by Gasteiger charge is 2.35. The van der Waals surface area contributed by atoms with Gasteiger partial charge in [0.25, 0.3) is 11.8 Å². The van der Waals surface area contributed by atoms with Crippen LogP contribution in [0.3, 0.4) is 0 Å². The molecule has 0 aliphatic carbocycles. The van der Waals surface area contributed by atoms with Gasteiger partial charge in [0.15, 0.2) is 11.4 Å². The van der Waals surface area contributed by atoms with E-state index in [4.69, 9.17) is 21.4 Å². The molecule has 0 spiro atoms. The molecule has 2 fully saturated rings. The Balaban J connectivity index is 0.000000229. The molecule has 2 aliphatic rings. The van der Waals surface area contributed by atoms with Gasteiger partial charge in [0, 0.05) is 44.4 Å². The van der Waals surface area contributed by atoms with Gasteiger partial charge in [0.1, 0.15) is 11.2 Å². The lowest BCUT2D eigenvalue weighted by Gasteiger charge is -2.28. The molecule has 4 amide bonds. The van der Waals surface area contributed by atoms with Crippen molar-refractivity contribution >= 4 is 24.0 Å². The van der Waals surface area contributed by atoms with E-state index in [0.29, 0.717) is 61.5 Å². The lowest BCUT2D eigenvalue weighted by molar-refractivity contribution is 0.0225. The van der Waals surface area contributed by atoms with Gasteiger partial charge in [0.2, 0.25) is 0 Å². The number of alkyl halides is 1. The number of carbonyl (C=O) groups excluding carboxylic acids is 4. The van der Waals surface area contributed by atoms with E-state index < -0.39 is 30.5 Å². The van der Waals surface area contributed by atoms with E-state index in [1.54, 1.807) is 67.5 Å². The number of ether oxygens (including phenoxy) is 2. The van der Waals surface area contributed by atoms with E-state index in [1.165, 1.54) is 0 Å². The quantitative estimate of drug-likeness (QED) is 0.154. The van der Waals surface area contributed by atoms with Gasteiger partial charge >= 0.3 is 12.2 Å². The Kier molecular flexibility index (Phi) is 16.7. The summed E-state index contributed by atoms with van der Waals surface area (Å²) >= 11 is 0. The fraction of sp³-hybridized carbons (Fsp3) is 0.357. The molecule has 8 rings (SSSR count). The van der Waals surface area contributed by atoms with E-state index in [1.807, 2.05) is 128 Å². The first-order chi connectivity index (χ1) is 35.1. The predicted octanol–water partition coefficient (Wildman–Crippen LogP) is 9.85. The van der Waals surface area contributed by atoms with Crippen LogP contribution in [-0.4, -0.2) is 122 Å². The van der Waals surface area contributed by atoms with Crippen LogP contribution in [0.15, 0.2) is 109 Å². The van der Waals surface area contributed by atoms with Gasteiger partial charge in [-0.15, -0.1) is 0 Å².